The van der Waals surface area contributed by atoms with Crippen LogP contribution in [0.5, 0.6) is 0 Å². The maximum absolute atomic E-state index is 4.66. The molecule has 0 bridgehead atoms. The number of pyridine rings is 1. The molecule has 0 radical (unpaired) electrons. The number of hydrogen-bond acceptors (Lipinski definition) is 4. The zero-order valence-electron chi connectivity index (χ0n) is 20.6. The third kappa shape index (κ3) is 3.83. The second-order valence-corrected chi connectivity index (χ2v) is 10.6. The minimum atomic E-state index is 0.655. The minimum absolute atomic E-state index is 0.655. The molecular weight excluding hydrogens is 420 g/mol. The average molecular weight is 457 g/mol. The van der Waals surface area contributed by atoms with Crippen molar-refractivity contribution < 1.29 is 0 Å². The summed E-state index contributed by atoms with van der Waals surface area (Å²) in [7, 11) is 0. The zero-order valence-corrected chi connectivity index (χ0v) is 20.6. The normalized spacial score (nSPS) is 19.6. The van der Waals surface area contributed by atoms with Gasteiger partial charge in [0.2, 0.25) is 0 Å². The maximum Gasteiger partial charge on any atom is 0.116 e. The van der Waals surface area contributed by atoms with Gasteiger partial charge >= 0.3 is 0 Å². The standard InChI is InChI=1S/C28H36N6/c1-18(2)33-14-9-22(10-15-33)34-12-7-20(8-13-34)21-4-5-24-23(16-21)19(3)26(32-24)28-27-25(6-11-29-28)30-17-31-27/h4-6,11,16-18,20,22,32H,7-10,12-15H2,1-3H3,(H,30,31). The number of likely N-dealkylation sites (tertiary alicyclic amines) is 2. The molecule has 178 valence electrons. The van der Waals surface area contributed by atoms with Crippen LogP contribution in [-0.4, -0.2) is 68.0 Å². The van der Waals surface area contributed by atoms with Gasteiger partial charge in [-0.15, -0.1) is 0 Å². The number of hydrogen-bond donors (Lipinski definition) is 2. The summed E-state index contributed by atoms with van der Waals surface area (Å²) >= 11 is 0. The van der Waals surface area contributed by atoms with Gasteiger partial charge in [-0.1, -0.05) is 6.07 Å². The molecule has 5 heterocycles. The summed E-state index contributed by atoms with van der Waals surface area (Å²) in [6, 6.07) is 10.5. The molecule has 0 unspecified atom stereocenters. The molecule has 2 N–H and O–H groups in total. The Morgan fingerprint density at radius 1 is 0.941 bits per heavy atom. The highest BCUT2D eigenvalue weighted by molar-refractivity contribution is 5.96. The van der Waals surface area contributed by atoms with Gasteiger partial charge in [-0.3, -0.25) is 4.98 Å². The molecule has 3 aromatic heterocycles. The molecule has 1 aromatic carbocycles. The Hall–Kier alpha value is -2.70. The molecule has 0 atom stereocenters. The van der Waals surface area contributed by atoms with Gasteiger partial charge in [0, 0.05) is 29.2 Å². The number of rotatable bonds is 4. The van der Waals surface area contributed by atoms with Crippen molar-refractivity contribution in [2.24, 2.45) is 0 Å². The quantitative estimate of drug-likeness (QED) is 0.428. The van der Waals surface area contributed by atoms with Crippen LogP contribution < -0.4 is 0 Å². The number of aryl methyl sites for hydroxylation is 1. The topological polar surface area (TPSA) is 63.8 Å². The molecule has 0 amide bonds. The van der Waals surface area contributed by atoms with E-state index in [2.05, 4.69) is 68.7 Å². The number of imidazole rings is 1. The van der Waals surface area contributed by atoms with Crippen LogP contribution in [0.4, 0.5) is 0 Å². The van der Waals surface area contributed by atoms with E-state index in [9.17, 15) is 0 Å². The highest BCUT2D eigenvalue weighted by Gasteiger charge is 2.29. The molecular formula is C28H36N6. The second-order valence-electron chi connectivity index (χ2n) is 10.6. The van der Waals surface area contributed by atoms with E-state index >= 15 is 0 Å². The first-order valence-electron chi connectivity index (χ1n) is 13.0. The minimum Gasteiger partial charge on any atom is -0.353 e. The Kier molecular flexibility index (Phi) is 5.66. The Morgan fingerprint density at radius 2 is 1.74 bits per heavy atom. The molecule has 0 spiro atoms. The number of piperidine rings is 2. The molecule has 0 aliphatic carbocycles. The molecule has 34 heavy (non-hydrogen) atoms. The fourth-order valence-electron chi connectivity index (χ4n) is 6.25. The van der Waals surface area contributed by atoms with Crippen LogP contribution in [0.1, 0.15) is 56.6 Å². The summed E-state index contributed by atoms with van der Waals surface area (Å²) in [4.78, 5) is 21.4. The van der Waals surface area contributed by atoms with Crippen LogP contribution in [-0.2, 0) is 0 Å². The van der Waals surface area contributed by atoms with Gasteiger partial charge in [-0.2, -0.15) is 0 Å². The summed E-state index contributed by atoms with van der Waals surface area (Å²) in [6.07, 6.45) is 8.78. The van der Waals surface area contributed by atoms with Crippen molar-refractivity contribution in [3.8, 4) is 11.4 Å². The molecule has 2 aliphatic heterocycles. The van der Waals surface area contributed by atoms with Crippen molar-refractivity contribution in [3.05, 3.63) is 47.9 Å². The van der Waals surface area contributed by atoms with Crippen LogP contribution in [0.15, 0.2) is 36.8 Å². The van der Waals surface area contributed by atoms with E-state index in [-0.39, 0.29) is 0 Å². The Labute approximate surface area is 201 Å². The van der Waals surface area contributed by atoms with Gasteiger partial charge in [0.1, 0.15) is 11.2 Å². The van der Waals surface area contributed by atoms with Crippen molar-refractivity contribution in [3.63, 3.8) is 0 Å². The predicted molar refractivity (Wildman–Crippen MR) is 139 cm³/mol. The smallest absolute Gasteiger partial charge is 0.116 e. The predicted octanol–water partition coefficient (Wildman–Crippen LogP) is 5.47. The molecule has 2 saturated heterocycles. The van der Waals surface area contributed by atoms with E-state index in [1.54, 1.807) is 6.33 Å². The molecule has 2 fully saturated rings. The Bertz CT molecular complexity index is 1280. The first-order chi connectivity index (χ1) is 16.6. The first-order valence-corrected chi connectivity index (χ1v) is 13.0. The SMILES string of the molecule is Cc1c(-c2nccc3[nH]cnc23)[nH]c2ccc(C3CCN(C4CCN(C(C)C)CC4)CC3)cc12. The summed E-state index contributed by atoms with van der Waals surface area (Å²) in [5.74, 6) is 0.655. The molecule has 6 heteroatoms. The van der Waals surface area contributed by atoms with Crippen molar-refractivity contribution in [2.75, 3.05) is 26.2 Å². The van der Waals surface area contributed by atoms with Crippen molar-refractivity contribution in [1.29, 1.82) is 0 Å². The lowest BCUT2D eigenvalue weighted by Crippen LogP contribution is -2.48. The van der Waals surface area contributed by atoms with E-state index in [0.717, 1.165) is 28.5 Å². The van der Waals surface area contributed by atoms with Crippen LogP contribution in [0.3, 0.4) is 0 Å². The fraction of sp³-hybridized carbons (Fsp3) is 0.500. The molecule has 4 aromatic rings. The van der Waals surface area contributed by atoms with Gasteiger partial charge in [0.05, 0.1) is 17.5 Å². The Morgan fingerprint density at radius 3 is 2.50 bits per heavy atom. The molecule has 2 aliphatic rings. The summed E-state index contributed by atoms with van der Waals surface area (Å²) in [6.45, 7) is 11.8. The maximum atomic E-state index is 4.66. The lowest BCUT2D eigenvalue weighted by Gasteiger charge is -2.42. The highest BCUT2D eigenvalue weighted by atomic mass is 15.2. The summed E-state index contributed by atoms with van der Waals surface area (Å²) in [5, 5.41) is 1.31. The van der Waals surface area contributed by atoms with Crippen LogP contribution in [0, 0.1) is 6.92 Å². The van der Waals surface area contributed by atoms with E-state index < -0.39 is 0 Å². The zero-order chi connectivity index (χ0) is 23.2. The van der Waals surface area contributed by atoms with E-state index in [1.165, 1.54) is 73.9 Å². The lowest BCUT2D eigenvalue weighted by atomic mass is 9.87. The van der Waals surface area contributed by atoms with Gasteiger partial charge in [0.15, 0.2) is 0 Å². The number of aromatic nitrogens is 4. The van der Waals surface area contributed by atoms with Crippen molar-refractivity contribution in [2.45, 2.75) is 64.5 Å². The number of nitrogens with zero attached hydrogens (tertiary/aromatic N) is 4. The Balaban J connectivity index is 1.19. The third-order valence-electron chi connectivity index (χ3n) is 8.40. The monoisotopic (exact) mass is 456 g/mol. The van der Waals surface area contributed by atoms with Gasteiger partial charge in [0.25, 0.3) is 0 Å². The van der Waals surface area contributed by atoms with Gasteiger partial charge < -0.3 is 19.8 Å². The molecule has 6 rings (SSSR count). The molecule has 0 saturated carbocycles. The van der Waals surface area contributed by atoms with Crippen LogP contribution in [0.2, 0.25) is 0 Å². The van der Waals surface area contributed by atoms with E-state index in [1.807, 2.05) is 12.3 Å². The molecule has 6 nitrogen and oxygen atoms in total. The second kappa shape index (κ2) is 8.82. The van der Waals surface area contributed by atoms with E-state index in [4.69, 9.17) is 0 Å². The third-order valence-corrected chi connectivity index (χ3v) is 8.40. The van der Waals surface area contributed by atoms with Crippen LogP contribution >= 0.6 is 0 Å². The summed E-state index contributed by atoms with van der Waals surface area (Å²) in [5.41, 5.74) is 7.86. The first kappa shape index (κ1) is 21.8. The lowest BCUT2D eigenvalue weighted by molar-refractivity contribution is 0.0753. The fourth-order valence-corrected chi connectivity index (χ4v) is 6.25. The van der Waals surface area contributed by atoms with Crippen LogP contribution in [0.25, 0.3) is 33.3 Å². The number of H-pyrrole nitrogens is 2. The van der Waals surface area contributed by atoms with E-state index in [0.29, 0.717) is 12.0 Å². The number of nitrogens with one attached hydrogen (secondary N) is 2. The number of benzene rings is 1. The average Bonchev–Trinajstić information content (AvgIpc) is 3.48. The summed E-state index contributed by atoms with van der Waals surface area (Å²) < 4.78 is 0. The van der Waals surface area contributed by atoms with Crippen molar-refractivity contribution >= 4 is 21.9 Å². The van der Waals surface area contributed by atoms with Gasteiger partial charge in [-0.05, 0) is 108 Å². The van der Waals surface area contributed by atoms with Gasteiger partial charge in [-0.25, -0.2) is 4.98 Å². The number of aromatic amines is 2. The number of fused-ring (bicyclic) bond motifs is 2. The largest absolute Gasteiger partial charge is 0.353 e. The van der Waals surface area contributed by atoms with Crippen molar-refractivity contribution in [1.82, 2.24) is 29.7 Å². The highest BCUT2D eigenvalue weighted by Crippen LogP contribution is 2.36.